The van der Waals surface area contributed by atoms with E-state index in [0.717, 1.165) is 37.1 Å². The molecule has 2 aromatic carbocycles. The number of ether oxygens (including phenoxy) is 1. The Kier molecular flexibility index (Phi) is 6.75. The van der Waals surface area contributed by atoms with Crippen LogP contribution in [0.15, 0.2) is 66.7 Å². The SMILES string of the molecule is O=C1CCCN1Cc1cccc(C(=O)N2CCC[C@H](c3cccc(Oc4cccc(F)c4)n3)C2)c1. The Morgan fingerprint density at radius 1 is 1.03 bits per heavy atom. The highest BCUT2D eigenvalue weighted by Gasteiger charge is 2.27. The average molecular weight is 474 g/mol. The molecule has 1 aromatic heterocycles. The summed E-state index contributed by atoms with van der Waals surface area (Å²) in [7, 11) is 0. The highest BCUT2D eigenvalue weighted by atomic mass is 19.1. The number of piperidine rings is 1. The predicted octanol–water partition coefficient (Wildman–Crippen LogP) is 5.16. The van der Waals surface area contributed by atoms with Gasteiger partial charge in [-0.1, -0.05) is 24.3 Å². The summed E-state index contributed by atoms with van der Waals surface area (Å²) in [5.41, 5.74) is 2.48. The van der Waals surface area contributed by atoms with Crippen LogP contribution >= 0.6 is 0 Å². The Morgan fingerprint density at radius 3 is 2.71 bits per heavy atom. The lowest BCUT2D eigenvalue weighted by molar-refractivity contribution is -0.128. The quantitative estimate of drug-likeness (QED) is 0.496. The third kappa shape index (κ3) is 5.50. The number of halogens is 1. The number of nitrogens with zero attached hydrogens (tertiary/aromatic N) is 3. The molecule has 0 bridgehead atoms. The Balaban J connectivity index is 1.26. The van der Waals surface area contributed by atoms with Crippen LogP contribution in [0.25, 0.3) is 0 Å². The van der Waals surface area contributed by atoms with Gasteiger partial charge >= 0.3 is 0 Å². The summed E-state index contributed by atoms with van der Waals surface area (Å²) in [6.07, 6.45) is 3.32. The number of rotatable bonds is 6. The largest absolute Gasteiger partial charge is 0.439 e. The Labute approximate surface area is 204 Å². The van der Waals surface area contributed by atoms with Crippen molar-refractivity contribution < 1.29 is 18.7 Å². The molecule has 3 aromatic rings. The molecule has 2 aliphatic rings. The lowest BCUT2D eigenvalue weighted by Crippen LogP contribution is -2.39. The topological polar surface area (TPSA) is 62.7 Å². The summed E-state index contributed by atoms with van der Waals surface area (Å²) in [6.45, 7) is 2.60. The molecule has 0 unspecified atom stereocenters. The standard InChI is InChI=1S/C28H28FN3O3/c29-23-9-2-10-24(17-23)35-26-12-3-11-25(30-26)22-8-4-15-32(19-22)28(34)21-7-1-6-20(16-21)18-31-14-5-13-27(31)33/h1-3,6-7,9-12,16-17,22H,4-5,8,13-15,18-19H2/t22-/m0/s1. The van der Waals surface area contributed by atoms with E-state index in [-0.39, 0.29) is 23.5 Å². The molecule has 5 rings (SSSR count). The van der Waals surface area contributed by atoms with E-state index in [4.69, 9.17) is 4.74 Å². The van der Waals surface area contributed by atoms with Crippen molar-refractivity contribution in [2.75, 3.05) is 19.6 Å². The molecular formula is C28H28FN3O3. The van der Waals surface area contributed by atoms with E-state index in [2.05, 4.69) is 4.98 Å². The fourth-order valence-corrected chi connectivity index (χ4v) is 4.85. The van der Waals surface area contributed by atoms with Crippen molar-refractivity contribution in [2.24, 2.45) is 0 Å². The average Bonchev–Trinajstić information content (AvgIpc) is 3.28. The molecule has 35 heavy (non-hydrogen) atoms. The lowest BCUT2D eigenvalue weighted by Gasteiger charge is -2.32. The van der Waals surface area contributed by atoms with Crippen molar-refractivity contribution in [1.82, 2.24) is 14.8 Å². The summed E-state index contributed by atoms with van der Waals surface area (Å²) in [5.74, 6) is 0.699. The minimum atomic E-state index is -0.365. The van der Waals surface area contributed by atoms with Crippen LogP contribution in [0, 0.1) is 5.82 Å². The third-order valence-electron chi connectivity index (χ3n) is 6.61. The summed E-state index contributed by atoms with van der Waals surface area (Å²) < 4.78 is 19.2. The van der Waals surface area contributed by atoms with Crippen molar-refractivity contribution in [1.29, 1.82) is 0 Å². The van der Waals surface area contributed by atoms with Crippen LogP contribution in [0.2, 0.25) is 0 Å². The van der Waals surface area contributed by atoms with Gasteiger partial charge in [-0.3, -0.25) is 9.59 Å². The van der Waals surface area contributed by atoms with E-state index in [0.29, 0.717) is 43.2 Å². The number of benzene rings is 2. The van der Waals surface area contributed by atoms with Crippen molar-refractivity contribution >= 4 is 11.8 Å². The predicted molar refractivity (Wildman–Crippen MR) is 130 cm³/mol. The van der Waals surface area contributed by atoms with Gasteiger partial charge in [-0.2, -0.15) is 0 Å². The Bertz CT molecular complexity index is 1230. The van der Waals surface area contributed by atoms with Gasteiger partial charge in [0.05, 0.1) is 0 Å². The molecule has 7 heteroatoms. The first kappa shape index (κ1) is 23.0. The zero-order valence-electron chi connectivity index (χ0n) is 19.5. The van der Waals surface area contributed by atoms with Gasteiger partial charge in [-0.05, 0) is 55.2 Å². The van der Waals surface area contributed by atoms with Gasteiger partial charge < -0.3 is 14.5 Å². The minimum Gasteiger partial charge on any atom is -0.439 e. The fourth-order valence-electron chi connectivity index (χ4n) is 4.85. The molecule has 2 saturated heterocycles. The van der Waals surface area contributed by atoms with E-state index >= 15 is 0 Å². The Hall–Kier alpha value is -3.74. The molecule has 0 N–H and O–H groups in total. The highest BCUT2D eigenvalue weighted by molar-refractivity contribution is 5.94. The summed E-state index contributed by atoms with van der Waals surface area (Å²) in [4.78, 5) is 33.7. The second-order valence-corrected chi connectivity index (χ2v) is 9.17. The summed E-state index contributed by atoms with van der Waals surface area (Å²) in [5, 5.41) is 0. The lowest BCUT2D eigenvalue weighted by atomic mass is 9.93. The van der Waals surface area contributed by atoms with Crippen molar-refractivity contribution in [3.05, 3.63) is 89.4 Å². The van der Waals surface area contributed by atoms with Crippen LogP contribution in [0.3, 0.4) is 0 Å². The molecule has 6 nitrogen and oxygen atoms in total. The number of carbonyl (C=O) groups is 2. The molecule has 0 radical (unpaired) electrons. The van der Waals surface area contributed by atoms with Crippen LogP contribution < -0.4 is 4.74 Å². The van der Waals surface area contributed by atoms with E-state index in [1.807, 2.05) is 46.2 Å². The molecule has 0 aliphatic carbocycles. The number of hydrogen-bond acceptors (Lipinski definition) is 4. The highest BCUT2D eigenvalue weighted by Crippen LogP contribution is 2.29. The number of aromatic nitrogens is 1. The van der Waals surface area contributed by atoms with Crippen molar-refractivity contribution in [2.45, 2.75) is 38.1 Å². The monoisotopic (exact) mass is 473 g/mol. The number of likely N-dealkylation sites (tertiary alicyclic amines) is 2. The van der Waals surface area contributed by atoms with Crippen molar-refractivity contribution in [3.63, 3.8) is 0 Å². The molecule has 2 amide bonds. The maximum atomic E-state index is 13.5. The van der Waals surface area contributed by atoms with E-state index < -0.39 is 0 Å². The normalized spacial score (nSPS) is 18.1. The van der Waals surface area contributed by atoms with Gasteiger partial charge in [0.2, 0.25) is 11.8 Å². The van der Waals surface area contributed by atoms with Crippen LogP contribution in [0.1, 0.15) is 53.2 Å². The van der Waals surface area contributed by atoms with Gasteiger partial charge in [0.15, 0.2) is 0 Å². The molecule has 0 spiro atoms. The zero-order chi connectivity index (χ0) is 24.2. The number of amides is 2. The second-order valence-electron chi connectivity index (χ2n) is 9.17. The smallest absolute Gasteiger partial charge is 0.253 e. The van der Waals surface area contributed by atoms with E-state index in [1.54, 1.807) is 18.2 Å². The fraction of sp³-hybridized carbons (Fsp3) is 0.321. The number of pyridine rings is 1. The van der Waals surface area contributed by atoms with E-state index in [1.165, 1.54) is 12.1 Å². The Morgan fingerprint density at radius 2 is 1.89 bits per heavy atom. The van der Waals surface area contributed by atoms with E-state index in [9.17, 15) is 14.0 Å². The molecule has 2 fully saturated rings. The number of carbonyl (C=O) groups excluding carboxylic acids is 2. The van der Waals surface area contributed by atoms with Gasteiger partial charge in [-0.15, -0.1) is 0 Å². The molecular weight excluding hydrogens is 445 g/mol. The molecule has 3 heterocycles. The van der Waals surface area contributed by atoms with Crippen LogP contribution in [0.4, 0.5) is 4.39 Å². The van der Waals surface area contributed by atoms with Gasteiger partial charge in [0.1, 0.15) is 11.6 Å². The first-order valence-electron chi connectivity index (χ1n) is 12.1. The zero-order valence-corrected chi connectivity index (χ0v) is 19.5. The molecule has 1 atom stereocenters. The summed E-state index contributed by atoms with van der Waals surface area (Å²) >= 11 is 0. The maximum Gasteiger partial charge on any atom is 0.253 e. The van der Waals surface area contributed by atoms with Crippen LogP contribution in [-0.2, 0) is 11.3 Å². The van der Waals surface area contributed by atoms with Gasteiger partial charge in [-0.25, -0.2) is 9.37 Å². The van der Waals surface area contributed by atoms with Gasteiger partial charge in [0.25, 0.3) is 5.91 Å². The second kappa shape index (κ2) is 10.3. The molecule has 2 aliphatic heterocycles. The molecule has 0 saturated carbocycles. The minimum absolute atomic E-state index is 0.00327. The van der Waals surface area contributed by atoms with Gasteiger partial charge in [0, 0.05) is 61.9 Å². The molecule has 180 valence electrons. The number of hydrogen-bond donors (Lipinski definition) is 0. The van der Waals surface area contributed by atoms with Crippen LogP contribution in [0.5, 0.6) is 11.6 Å². The maximum absolute atomic E-state index is 13.5. The first-order chi connectivity index (χ1) is 17.0. The summed E-state index contributed by atoms with van der Waals surface area (Å²) in [6, 6.07) is 19.1. The third-order valence-corrected chi connectivity index (χ3v) is 6.61. The van der Waals surface area contributed by atoms with Crippen LogP contribution in [-0.4, -0.2) is 46.2 Å². The first-order valence-corrected chi connectivity index (χ1v) is 12.1. The van der Waals surface area contributed by atoms with Crippen molar-refractivity contribution in [3.8, 4) is 11.6 Å².